The highest BCUT2D eigenvalue weighted by Gasteiger charge is 2.17. The van der Waals surface area contributed by atoms with Gasteiger partial charge in [0.1, 0.15) is 4.90 Å². The zero-order valence-corrected chi connectivity index (χ0v) is 13.4. The lowest BCUT2D eigenvalue weighted by Crippen LogP contribution is -2.23. The normalized spacial score (nSPS) is 11.8. The lowest BCUT2D eigenvalue weighted by molar-refractivity contribution is 0.582. The van der Waals surface area contributed by atoms with Gasteiger partial charge in [0, 0.05) is 16.3 Å². The molecule has 108 valence electrons. The van der Waals surface area contributed by atoms with Crippen molar-refractivity contribution in [3.05, 3.63) is 45.1 Å². The fourth-order valence-corrected chi connectivity index (χ4v) is 4.10. The number of nitrogens with two attached hydrogens (primary N) is 1. The second-order valence-corrected chi connectivity index (χ2v) is 7.89. The number of sulfonamides is 1. The van der Waals surface area contributed by atoms with Gasteiger partial charge in [0.15, 0.2) is 0 Å². The monoisotopic (exact) mass is 310 g/mol. The Hall–Kier alpha value is -1.37. The molecule has 1 aromatic heterocycles. The molecule has 4 nitrogen and oxygen atoms in total. The first-order valence-corrected chi connectivity index (χ1v) is 8.51. The van der Waals surface area contributed by atoms with Gasteiger partial charge in [-0.2, -0.15) is 0 Å². The molecular weight excluding hydrogens is 292 g/mol. The van der Waals surface area contributed by atoms with Gasteiger partial charge >= 0.3 is 0 Å². The van der Waals surface area contributed by atoms with Crippen molar-refractivity contribution in [3.8, 4) is 0 Å². The van der Waals surface area contributed by atoms with Crippen LogP contribution in [0.5, 0.6) is 0 Å². The Labute approximate surface area is 123 Å². The summed E-state index contributed by atoms with van der Waals surface area (Å²) in [5, 5.41) is 0. The topological polar surface area (TPSA) is 72.2 Å². The highest BCUT2D eigenvalue weighted by Crippen LogP contribution is 2.22. The number of hydrogen-bond acceptors (Lipinski definition) is 4. The van der Waals surface area contributed by atoms with Gasteiger partial charge in [-0.15, -0.1) is 11.3 Å². The van der Waals surface area contributed by atoms with Gasteiger partial charge in [-0.25, -0.2) is 13.1 Å². The van der Waals surface area contributed by atoms with Gasteiger partial charge in [0.2, 0.25) is 10.0 Å². The van der Waals surface area contributed by atoms with E-state index in [0.29, 0.717) is 0 Å². The average Bonchev–Trinajstić information content (AvgIpc) is 2.66. The van der Waals surface area contributed by atoms with E-state index in [9.17, 15) is 8.42 Å². The largest absolute Gasteiger partial charge is 0.398 e. The third kappa shape index (κ3) is 3.20. The molecule has 0 aliphatic rings. The number of aryl methyl sites for hydroxylation is 3. The molecule has 1 heterocycles. The van der Waals surface area contributed by atoms with Crippen LogP contribution in [0.4, 0.5) is 5.69 Å². The number of anilines is 1. The molecule has 1 aromatic carbocycles. The number of rotatable bonds is 4. The Bertz CT molecular complexity index is 714. The molecule has 0 atom stereocenters. The highest BCUT2D eigenvalue weighted by molar-refractivity contribution is 7.89. The summed E-state index contributed by atoms with van der Waals surface area (Å²) in [5.41, 5.74) is 8.18. The number of benzene rings is 1. The molecule has 0 saturated heterocycles. The third-order valence-electron chi connectivity index (χ3n) is 3.11. The summed E-state index contributed by atoms with van der Waals surface area (Å²) in [4.78, 5) is 2.33. The van der Waals surface area contributed by atoms with E-state index in [4.69, 9.17) is 5.73 Å². The number of nitrogen functional groups attached to an aromatic ring is 1. The van der Waals surface area contributed by atoms with Crippen molar-refractivity contribution < 1.29 is 8.42 Å². The molecule has 20 heavy (non-hydrogen) atoms. The summed E-state index contributed by atoms with van der Waals surface area (Å²) in [6.45, 7) is 6.20. The molecule has 0 bridgehead atoms. The van der Waals surface area contributed by atoms with Crippen molar-refractivity contribution in [2.45, 2.75) is 32.2 Å². The summed E-state index contributed by atoms with van der Waals surface area (Å²) in [7, 11) is -3.58. The van der Waals surface area contributed by atoms with Gasteiger partial charge in [-0.1, -0.05) is 6.07 Å². The highest BCUT2D eigenvalue weighted by atomic mass is 32.2. The average molecular weight is 310 g/mol. The molecule has 3 N–H and O–H groups in total. The molecular formula is C14H18N2O2S2. The summed E-state index contributed by atoms with van der Waals surface area (Å²) < 4.78 is 27.1. The van der Waals surface area contributed by atoms with Crippen LogP contribution in [0.15, 0.2) is 29.2 Å². The van der Waals surface area contributed by atoms with Crippen molar-refractivity contribution >= 4 is 27.0 Å². The lowest BCUT2D eigenvalue weighted by atomic mass is 10.2. The molecule has 0 radical (unpaired) electrons. The van der Waals surface area contributed by atoms with E-state index in [1.807, 2.05) is 26.8 Å². The van der Waals surface area contributed by atoms with Crippen molar-refractivity contribution in [2.24, 2.45) is 0 Å². The first-order valence-electron chi connectivity index (χ1n) is 6.21. The van der Waals surface area contributed by atoms with E-state index < -0.39 is 10.0 Å². The number of hydrogen-bond donors (Lipinski definition) is 2. The maximum absolute atomic E-state index is 12.2. The maximum Gasteiger partial charge on any atom is 0.242 e. The van der Waals surface area contributed by atoms with E-state index in [2.05, 4.69) is 4.72 Å². The molecule has 0 unspecified atom stereocenters. The maximum atomic E-state index is 12.2. The molecule has 0 aliphatic carbocycles. The third-order valence-corrected chi connectivity index (χ3v) is 5.74. The minimum Gasteiger partial charge on any atom is -0.398 e. The zero-order chi connectivity index (χ0) is 14.9. The van der Waals surface area contributed by atoms with Crippen LogP contribution in [0.25, 0.3) is 0 Å². The van der Waals surface area contributed by atoms with Crippen LogP contribution in [-0.2, 0) is 16.6 Å². The van der Waals surface area contributed by atoms with Crippen LogP contribution in [0.3, 0.4) is 0 Å². The standard InChI is InChI=1S/C14H18N2O2S2/c1-9-4-5-14(13(15)6-9)20(17,18)16-8-12-7-10(2)11(3)19-12/h4-7,16H,8,15H2,1-3H3. The van der Waals surface area contributed by atoms with Crippen LogP contribution in [0.2, 0.25) is 0 Å². The van der Waals surface area contributed by atoms with Crippen LogP contribution in [0, 0.1) is 20.8 Å². The molecule has 0 fully saturated rings. The minimum absolute atomic E-state index is 0.133. The van der Waals surface area contributed by atoms with Gasteiger partial charge in [-0.3, -0.25) is 0 Å². The predicted octanol–water partition coefficient (Wildman–Crippen LogP) is 2.73. The zero-order valence-electron chi connectivity index (χ0n) is 11.7. The molecule has 0 saturated carbocycles. The van der Waals surface area contributed by atoms with Crippen molar-refractivity contribution in [1.82, 2.24) is 4.72 Å². The van der Waals surface area contributed by atoms with Gasteiger partial charge in [0.25, 0.3) is 0 Å². The van der Waals surface area contributed by atoms with E-state index >= 15 is 0 Å². The smallest absolute Gasteiger partial charge is 0.242 e. The summed E-state index contributed by atoms with van der Waals surface area (Å²) in [6, 6.07) is 6.94. The summed E-state index contributed by atoms with van der Waals surface area (Å²) in [6.07, 6.45) is 0. The first-order chi connectivity index (χ1) is 9.29. The van der Waals surface area contributed by atoms with E-state index in [1.54, 1.807) is 23.5 Å². The van der Waals surface area contributed by atoms with Crippen LogP contribution in [0.1, 0.15) is 20.9 Å². The number of thiophene rings is 1. The van der Waals surface area contributed by atoms with Gasteiger partial charge in [0.05, 0.1) is 5.69 Å². The molecule has 2 rings (SSSR count). The van der Waals surface area contributed by atoms with Crippen LogP contribution < -0.4 is 10.5 Å². The van der Waals surface area contributed by atoms with Crippen molar-refractivity contribution in [1.29, 1.82) is 0 Å². The van der Waals surface area contributed by atoms with E-state index in [1.165, 1.54) is 16.5 Å². The Kier molecular flexibility index (Phi) is 4.17. The van der Waals surface area contributed by atoms with E-state index in [-0.39, 0.29) is 17.1 Å². The van der Waals surface area contributed by atoms with Crippen LogP contribution in [-0.4, -0.2) is 8.42 Å². The fraction of sp³-hybridized carbons (Fsp3) is 0.286. The van der Waals surface area contributed by atoms with Gasteiger partial charge in [-0.05, 0) is 50.1 Å². The predicted molar refractivity (Wildman–Crippen MR) is 83.4 cm³/mol. The Morgan fingerprint density at radius 3 is 2.45 bits per heavy atom. The summed E-state index contributed by atoms with van der Waals surface area (Å²) in [5.74, 6) is 0. The number of nitrogens with one attached hydrogen (secondary N) is 1. The second-order valence-electron chi connectivity index (χ2n) is 4.82. The minimum atomic E-state index is -3.58. The Morgan fingerprint density at radius 1 is 1.20 bits per heavy atom. The SMILES string of the molecule is Cc1ccc(S(=O)(=O)NCc2cc(C)c(C)s2)c(N)c1. The molecule has 0 aliphatic heterocycles. The van der Waals surface area contributed by atoms with Gasteiger partial charge < -0.3 is 5.73 Å². The molecule has 0 amide bonds. The molecule has 6 heteroatoms. The quantitative estimate of drug-likeness (QED) is 0.853. The van der Waals surface area contributed by atoms with Crippen molar-refractivity contribution in [2.75, 3.05) is 5.73 Å². The fourth-order valence-electron chi connectivity index (χ4n) is 1.89. The second kappa shape index (κ2) is 5.55. The molecule has 0 spiro atoms. The molecule has 2 aromatic rings. The lowest BCUT2D eigenvalue weighted by Gasteiger charge is -2.09. The summed E-state index contributed by atoms with van der Waals surface area (Å²) >= 11 is 1.60. The Morgan fingerprint density at radius 2 is 1.90 bits per heavy atom. The van der Waals surface area contributed by atoms with E-state index in [0.717, 1.165) is 10.4 Å². The first kappa shape index (κ1) is 15.0. The Balaban J connectivity index is 2.19. The van der Waals surface area contributed by atoms with Crippen molar-refractivity contribution in [3.63, 3.8) is 0 Å². The van der Waals surface area contributed by atoms with Crippen LogP contribution >= 0.6 is 11.3 Å².